The number of fused-ring (bicyclic) bond motifs is 2. The van der Waals surface area contributed by atoms with Crippen LogP contribution in [0.5, 0.6) is 11.5 Å². The molecule has 0 aliphatic carbocycles. The van der Waals surface area contributed by atoms with Crippen molar-refractivity contribution < 1.29 is 51.6 Å². The van der Waals surface area contributed by atoms with E-state index >= 15 is 0 Å². The fourth-order valence-corrected chi connectivity index (χ4v) is 8.23. The molecule has 0 spiro atoms. The Morgan fingerprint density at radius 1 is 1.04 bits per heavy atom. The Hall–Kier alpha value is -3.96. The number of benzene rings is 2. The van der Waals surface area contributed by atoms with E-state index < -0.39 is 46.1 Å². The molecule has 286 valence electrons. The molecule has 0 saturated carbocycles. The summed E-state index contributed by atoms with van der Waals surface area (Å²) >= 11 is 0. The van der Waals surface area contributed by atoms with E-state index in [4.69, 9.17) is 23.7 Å². The standard InChI is InChI=1S/C36H50N4O11S/c1-24(41)38-19-33(43)37-15-8-7-14-36(2,3)22-40(52(45,46)26-11-12-30-31(18-26)50-23-49-30)20-29(42)28(17-25-9-5-4-6-10-25)39-35(44)51-32-21-48-34-27(32)13-16-47-34/h4-6,9-12,18,27-29,32,34,42H,7-8,13-17,19-23H2,1-3H3,(H,37,43)(H,38,41)(H,39,44)/t27-,28-,29+,32-,34+/m0/s1. The number of unbranched alkanes of at least 4 members (excludes halogenated alkanes) is 1. The number of nitrogens with one attached hydrogen (secondary N) is 3. The highest BCUT2D eigenvalue weighted by Gasteiger charge is 2.44. The largest absolute Gasteiger partial charge is 0.454 e. The van der Waals surface area contributed by atoms with Crippen molar-refractivity contribution in [2.24, 2.45) is 11.3 Å². The van der Waals surface area contributed by atoms with E-state index in [1.165, 1.54) is 29.4 Å². The lowest BCUT2D eigenvalue weighted by Gasteiger charge is -2.35. The quantitative estimate of drug-likeness (QED) is 0.164. The van der Waals surface area contributed by atoms with Gasteiger partial charge >= 0.3 is 6.09 Å². The number of carbonyl (C=O) groups excluding carboxylic acids is 3. The van der Waals surface area contributed by atoms with Gasteiger partial charge in [-0.3, -0.25) is 9.59 Å². The Balaban J connectivity index is 1.30. The van der Waals surface area contributed by atoms with Crippen LogP contribution in [-0.2, 0) is 40.2 Å². The second-order valence-electron chi connectivity index (χ2n) is 14.2. The van der Waals surface area contributed by atoms with E-state index in [2.05, 4.69) is 16.0 Å². The van der Waals surface area contributed by atoms with Crippen LogP contribution in [0.1, 0.15) is 52.0 Å². The van der Waals surface area contributed by atoms with Crippen LogP contribution in [0.25, 0.3) is 0 Å². The first-order valence-corrected chi connectivity index (χ1v) is 19.1. The van der Waals surface area contributed by atoms with Gasteiger partial charge in [0.1, 0.15) is 6.10 Å². The number of amides is 3. The summed E-state index contributed by atoms with van der Waals surface area (Å²) in [5.74, 6) is 0.0802. The van der Waals surface area contributed by atoms with Crippen molar-refractivity contribution in [1.82, 2.24) is 20.3 Å². The number of rotatable bonds is 18. The zero-order chi connectivity index (χ0) is 37.3. The van der Waals surface area contributed by atoms with Gasteiger partial charge in [-0.05, 0) is 48.8 Å². The Morgan fingerprint density at radius 2 is 1.81 bits per heavy atom. The van der Waals surface area contributed by atoms with Crippen molar-refractivity contribution >= 4 is 27.9 Å². The van der Waals surface area contributed by atoms with E-state index in [0.29, 0.717) is 50.3 Å². The van der Waals surface area contributed by atoms with Crippen molar-refractivity contribution in [3.05, 3.63) is 54.1 Å². The van der Waals surface area contributed by atoms with Crippen LogP contribution in [0, 0.1) is 11.3 Å². The van der Waals surface area contributed by atoms with Gasteiger partial charge in [-0.25, -0.2) is 13.2 Å². The summed E-state index contributed by atoms with van der Waals surface area (Å²) < 4.78 is 57.7. The molecule has 2 saturated heterocycles. The van der Waals surface area contributed by atoms with Gasteiger partial charge < -0.3 is 44.7 Å². The molecule has 0 bridgehead atoms. The maximum Gasteiger partial charge on any atom is 0.407 e. The fraction of sp³-hybridized carbons (Fsp3) is 0.583. The van der Waals surface area contributed by atoms with E-state index in [0.717, 1.165) is 5.56 Å². The second-order valence-corrected chi connectivity index (χ2v) is 16.1. The van der Waals surface area contributed by atoms with E-state index in [9.17, 15) is 27.9 Å². The molecule has 2 aromatic carbocycles. The van der Waals surface area contributed by atoms with Crippen molar-refractivity contribution in [2.75, 3.05) is 46.2 Å². The number of aliphatic hydroxyl groups excluding tert-OH is 1. The van der Waals surface area contributed by atoms with Crippen molar-refractivity contribution in [3.8, 4) is 11.5 Å². The highest BCUT2D eigenvalue weighted by Crippen LogP contribution is 2.36. The lowest BCUT2D eigenvalue weighted by Crippen LogP contribution is -2.52. The Bertz CT molecular complexity index is 1640. The smallest absolute Gasteiger partial charge is 0.407 e. The molecule has 3 aliphatic rings. The van der Waals surface area contributed by atoms with Gasteiger partial charge in [0.2, 0.25) is 28.6 Å². The predicted molar refractivity (Wildman–Crippen MR) is 188 cm³/mol. The van der Waals surface area contributed by atoms with Gasteiger partial charge in [0.15, 0.2) is 17.8 Å². The Morgan fingerprint density at radius 3 is 2.58 bits per heavy atom. The molecule has 3 heterocycles. The number of hydrogen-bond donors (Lipinski definition) is 4. The third-order valence-corrected chi connectivity index (χ3v) is 11.2. The van der Waals surface area contributed by atoms with Crippen LogP contribution in [0.2, 0.25) is 0 Å². The first kappa shape index (κ1) is 39.3. The van der Waals surface area contributed by atoms with Crippen LogP contribution >= 0.6 is 0 Å². The second kappa shape index (κ2) is 17.7. The molecule has 0 aromatic heterocycles. The van der Waals surface area contributed by atoms with Gasteiger partial charge in [-0.2, -0.15) is 4.31 Å². The normalized spacial score (nSPS) is 20.6. The summed E-state index contributed by atoms with van der Waals surface area (Å²) in [5.41, 5.74) is 0.266. The van der Waals surface area contributed by atoms with Crippen molar-refractivity contribution in [1.29, 1.82) is 0 Å². The average molecular weight is 747 g/mol. The van der Waals surface area contributed by atoms with Crippen LogP contribution in [-0.4, -0.2) is 106 Å². The maximum atomic E-state index is 14.3. The topological polar surface area (TPSA) is 191 Å². The molecule has 5 rings (SSSR count). The number of hydrogen-bond acceptors (Lipinski definition) is 11. The minimum absolute atomic E-state index is 0.0215. The van der Waals surface area contributed by atoms with E-state index in [1.54, 1.807) is 0 Å². The predicted octanol–water partition coefficient (Wildman–Crippen LogP) is 2.31. The average Bonchev–Trinajstić information content (AvgIpc) is 3.86. The minimum Gasteiger partial charge on any atom is -0.454 e. The zero-order valence-electron chi connectivity index (χ0n) is 29.9. The fourth-order valence-electron chi connectivity index (χ4n) is 6.57. The van der Waals surface area contributed by atoms with Crippen LogP contribution in [0.3, 0.4) is 0 Å². The molecule has 5 atom stereocenters. The molecule has 0 radical (unpaired) electrons. The summed E-state index contributed by atoms with van der Waals surface area (Å²) in [6, 6.07) is 12.8. The summed E-state index contributed by atoms with van der Waals surface area (Å²) in [6.07, 6.45) is -0.161. The molecule has 3 amide bonds. The Kier molecular flexibility index (Phi) is 13.4. The third kappa shape index (κ3) is 10.8. The van der Waals surface area contributed by atoms with Crippen LogP contribution in [0.4, 0.5) is 4.79 Å². The monoisotopic (exact) mass is 746 g/mol. The molecule has 16 heteroatoms. The summed E-state index contributed by atoms with van der Waals surface area (Å²) in [7, 11) is -4.20. The molecule has 0 unspecified atom stereocenters. The molecule has 52 heavy (non-hydrogen) atoms. The Labute approximate surface area is 304 Å². The molecule has 2 fully saturated rings. The molecule has 15 nitrogen and oxygen atoms in total. The van der Waals surface area contributed by atoms with Gasteiger partial charge in [0, 0.05) is 32.6 Å². The van der Waals surface area contributed by atoms with Crippen molar-refractivity contribution in [3.63, 3.8) is 0 Å². The number of sulfonamides is 1. The maximum absolute atomic E-state index is 14.3. The molecule has 4 N–H and O–H groups in total. The molecule has 3 aliphatic heterocycles. The number of aliphatic hydroxyl groups is 1. The number of alkyl carbamates (subject to hydrolysis) is 1. The lowest BCUT2D eigenvalue weighted by atomic mass is 9.87. The number of nitrogens with zero attached hydrogens (tertiary/aromatic N) is 1. The van der Waals surface area contributed by atoms with E-state index in [1.807, 2.05) is 44.2 Å². The summed E-state index contributed by atoms with van der Waals surface area (Å²) in [4.78, 5) is 36.3. The van der Waals surface area contributed by atoms with Gasteiger partial charge in [-0.1, -0.05) is 50.6 Å². The third-order valence-electron chi connectivity index (χ3n) is 9.39. The van der Waals surface area contributed by atoms with Gasteiger partial charge in [-0.15, -0.1) is 0 Å². The SMILES string of the molecule is CC(=O)NCC(=O)NCCCCC(C)(C)CN(C[C@@H](O)[C@H](Cc1ccccc1)NC(=O)O[C@H]1CO[C@H]2OCC[C@H]21)S(=O)(=O)c1ccc2c(c1)OCO2. The molecular formula is C36H50N4O11S. The first-order valence-electron chi connectivity index (χ1n) is 17.6. The van der Waals surface area contributed by atoms with Crippen molar-refractivity contribution in [2.45, 2.75) is 82.3 Å². The van der Waals surface area contributed by atoms with E-state index in [-0.39, 0.29) is 62.1 Å². The summed E-state index contributed by atoms with van der Waals surface area (Å²) in [5, 5.41) is 19.8. The van der Waals surface area contributed by atoms with Crippen LogP contribution in [0.15, 0.2) is 53.4 Å². The highest BCUT2D eigenvalue weighted by molar-refractivity contribution is 7.89. The molecular weight excluding hydrogens is 696 g/mol. The minimum atomic E-state index is -4.20. The first-order chi connectivity index (χ1) is 24.8. The van der Waals surface area contributed by atoms with Gasteiger partial charge in [0.25, 0.3) is 0 Å². The van der Waals surface area contributed by atoms with Crippen LogP contribution < -0.4 is 25.4 Å². The number of carbonyl (C=O) groups is 3. The lowest BCUT2D eigenvalue weighted by molar-refractivity contribution is -0.125. The molecule has 2 aromatic rings. The summed E-state index contributed by atoms with van der Waals surface area (Å²) in [6.45, 7) is 5.94. The van der Waals surface area contributed by atoms with Gasteiger partial charge in [0.05, 0.1) is 42.7 Å². The number of ether oxygens (including phenoxy) is 5. The zero-order valence-corrected chi connectivity index (χ0v) is 30.7. The highest BCUT2D eigenvalue weighted by atomic mass is 32.2.